The van der Waals surface area contributed by atoms with Gasteiger partial charge in [-0.1, -0.05) is 19.3 Å². The number of aliphatic hydroxyl groups is 6. The first-order chi connectivity index (χ1) is 27.3. The van der Waals surface area contributed by atoms with E-state index < -0.39 is 80.4 Å². The molecular formula is C38H67N5O14. The maximum Gasteiger partial charge on any atom is 0.242 e. The van der Waals surface area contributed by atoms with Gasteiger partial charge in [0.05, 0.1) is 31.9 Å². The van der Waals surface area contributed by atoms with Crippen molar-refractivity contribution in [3.63, 3.8) is 0 Å². The van der Waals surface area contributed by atoms with E-state index in [0.717, 1.165) is 0 Å². The van der Waals surface area contributed by atoms with E-state index in [1.54, 1.807) is 6.92 Å². The summed E-state index contributed by atoms with van der Waals surface area (Å²) in [6.07, 6.45) is 2.44. The molecule has 2 aliphatic heterocycles. The van der Waals surface area contributed by atoms with Crippen LogP contribution in [0.3, 0.4) is 0 Å². The lowest BCUT2D eigenvalue weighted by Gasteiger charge is -2.40. The third-order valence-corrected chi connectivity index (χ3v) is 9.94. The summed E-state index contributed by atoms with van der Waals surface area (Å²) in [4.78, 5) is 50.1. The Labute approximate surface area is 335 Å². The lowest BCUT2D eigenvalue weighted by atomic mass is 9.92. The zero-order valence-electron chi connectivity index (χ0n) is 33.1. The Balaban J connectivity index is 1.72. The maximum atomic E-state index is 13.1. The largest absolute Gasteiger partial charge is 0.394 e. The molecule has 0 radical (unpaired) electrons. The molecule has 12 N–H and O–H groups in total. The van der Waals surface area contributed by atoms with Gasteiger partial charge in [0.1, 0.15) is 36.6 Å². The number of nitrogens with one attached hydrogen (secondary N) is 4. The van der Waals surface area contributed by atoms with Crippen LogP contribution in [-0.2, 0) is 38.1 Å². The Kier molecular flexibility index (Phi) is 25.0. The van der Waals surface area contributed by atoms with Crippen molar-refractivity contribution in [2.45, 2.75) is 152 Å². The van der Waals surface area contributed by atoms with Crippen LogP contribution in [0.4, 0.5) is 0 Å². The first-order valence-corrected chi connectivity index (χ1v) is 20.1. The third-order valence-electron chi connectivity index (χ3n) is 9.94. The van der Waals surface area contributed by atoms with Gasteiger partial charge in [0.2, 0.25) is 23.6 Å². The Hall–Kier alpha value is -3.00. The Morgan fingerprint density at radius 3 is 1.84 bits per heavy atom. The molecule has 0 aromatic carbocycles. The van der Waals surface area contributed by atoms with Crippen molar-refractivity contribution in [2.24, 2.45) is 11.7 Å². The molecule has 2 rings (SSSR count). The van der Waals surface area contributed by atoms with Gasteiger partial charge in [-0.25, -0.2) is 0 Å². The smallest absolute Gasteiger partial charge is 0.242 e. The molecule has 2 heterocycles. The number of aliphatic hydroxyl groups excluding tert-OH is 6. The fourth-order valence-corrected chi connectivity index (χ4v) is 6.32. The standard InChI is InChI=1S/C38H67N5O14/c1-3-17-40-28(46)14-5-4-9-19-42-36(53)25(43-30(48)16-8-12-21-55-38-31(39)35(52)34(51)27(23-45)57-38)13-6-10-18-41-29(47)15-7-11-20-54-37-24(2)32(49)33(50)26(22-44)56-37/h1,24-27,31-35,37-38,44-45,49-52H,4-23,39H2,2H3,(H,40,46)(H,41,47)(H,42,53)(H,43,48)/t24?,25-,26?,27?,31?,32?,33?,34?,35?,37?,38?/m1/s1. The molecule has 0 bridgehead atoms. The summed E-state index contributed by atoms with van der Waals surface area (Å²) in [7, 11) is 0. The molecule has 11 atom stereocenters. The predicted octanol–water partition coefficient (Wildman–Crippen LogP) is -2.60. The number of hydrogen-bond acceptors (Lipinski definition) is 15. The Bertz CT molecular complexity index is 1220. The van der Waals surface area contributed by atoms with Crippen molar-refractivity contribution in [2.75, 3.05) is 46.1 Å². The number of terminal acetylenes is 1. The normalized spacial score (nSPS) is 27.8. The molecule has 0 aromatic rings. The number of ether oxygens (including phenoxy) is 4. The molecule has 57 heavy (non-hydrogen) atoms. The van der Waals surface area contributed by atoms with Crippen molar-refractivity contribution >= 4 is 23.6 Å². The van der Waals surface area contributed by atoms with E-state index in [-0.39, 0.29) is 56.2 Å². The summed E-state index contributed by atoms with van der Waals surface area (Å²) in [6, 6.07) is -1.82. The summed E-state index contributed by atoms with van der Waals surface area (Å²) in [5.74, 6) is 0.912. The van der Waals surface area contributed by atoms with Gasteiger partial charge < -0.3 is 76.6 Å². The van der Waals surface area contributed by atoms with Gasteiger partial charge in [-0.3, -0.25) is 19.2 Å². The second-order valence-corrected chi connectivity index (χ2v) is 14.6. The highest BCUT2D eigenvalue weighted by Crippen LogP contribution is 2.27. The summed E-state index contributed by atoms with van der Waals surface area (Å²) in [6.45, 7) is 2.04. The minimum Gasteiger partial charge on any atom is -0.394 e. The quantitative estimate of drug-likeness (QED) is 0.0285. The molecular weight excluding hydrogens is 750 g/mol. The average Bonchev–Trinajstić information content (AvgIpc) is 3.20. The van der Waals surface area contributed by atoms with Gasteiger partial charge in [-0.2, -0.15) is 0 Å². The van der Waals surface area contributed by atoms with Crippen LogP contribution in [0.25, 0.3) is 0 Å². The molecule has 0 aromatic heterocycles. The second-order valence-electron chi connectivity index (χ2n) is 14.6. The van der Waals surface area contributed by atoms with Crippen molar-refractivity contribution in [1.29, 1.82) is 0 Å². The Morgan fingerprint density at radius 1 is 0.684 bits per heavy atom. The number of hydrogen-bond donors (Lipinski definition) is 11. The molecule has 2 saturated heterocycles. The van der Waals surface area contributed by atoms with E-state index in [9.17, 15) is 49.8 Å². The molecule has 10 unspecified atom stereocenters. The monoisotopic (exact) mass is 817 g/mol. The van der Waals surface area contributed by atoms with E-state index in [1.807, 2.05) is 0 Å². The van der Waals surface area contributed by atoms with Gasteiger partial charge >= 0.3 is 0 Å². The lowest BCUT2D eigenvalue weighted by molar-refractivity contribution is -0.282. The van der Waals surface area contributed by atoms with Crippen LogP contribution >= 0.6 is 0 Å². The van der Waals surface area contributed by atoms with Crippen molar-refractivity contribution in [3.05, 3.63) is 0 Å². The summed E-state index contributed by atoms with van der Waals surface area (Å²) in [5.41, 5.74) is 5.89. The molecule has 19 nitrogen and oxygen atoms in total. The zero-order valence-corrected chi connectivity index (χ0v) is 33.1. The van der Waals surface area contributed by atoms with Crippen LogP contribution in [0.5, 0.6) is 0 Å². The van der Waals surface area contributed by atoms with E-state index >= 15 is 0 Å². The first kappa shape index (κ1) is 50.1. The van der Waals surface area contributed by atoms with Crippen molar-refractivity contribution in [3.8, 4) is 12.3 Å². The zero-order chi connectivity index (χ0) is 42.2. The van der Waals surface area contributed by atoms with Crippen molar-refractivity contribution < 1.29 is 68.8 Å². The fourth-order valence-electron chi connectivity index (χ4n) is 6.32. The van der Waals surface area contributed by atoms with E-state index in [0.29, 0.717) is 83.7 Å². The molecule has 19 heteroatoms. The van der Waals surface area contributed by atoms with Gasteiger partial charge in [-0.05, 0) is 57.8 Å². The number of amides is 4. The highest BCUT2D eigenvalue weighted by molar-refractivity contribution is 5.87. The van der Waals surface area contributed by atoms with E-state index in [1.165, 1.54) is 0 Å². The summed E-state index contributed by atoms with van der Waals surface area (Å²) < 4.78 is 22.3. The topological polar surface area (TPSA) is 301 Å². The number of carbonyl (C=O) groups is 4. The number of nitrogens with two attached hydrogens (primary N) is 1. The first-order valence-electron chi connectivity index (χ1n) is 20.1. The summed E-state index contributed by atoms with van der Waals surface area (Å²) in [5, 5.41) is 70.0. The van der Waals surface area contributed by atoms with Crippen LogP contribution in [0, 0.1) is 18.3 Å². The fraction of sp³-hybridized carbons (Fsp3) is 0.842. The predicted molar refractivity (Wildman–Crippen MR) is 204 cm³/mol. The van der Waals surface area contributed by atoms with Gasteiger partial charge in [-0.15, -0.1) is 6.42 Å². The number of carbonyl (C=O) groups excluding carboxylic acids is 4. The third kappa shape index (κ3) is 18.6. The molecule has 2 fully saturated rings. The van der Waals surface area contributed by atoms with Gasteiger partial charge in [0.15, 0.2) is 12.6 Å². The Morgan fingerprint density at radius 2 is 1.21 bits per heavy atom. The lowest BCUT2D eigenvalue weighted by Crippen LogP contribution is -2.62. The van der Waals surface area contributed by atoms with E-state index in [4.69, 9.17) is 31.1 Å². The maximum absolute atomic E-state index is 13.1. The van der Waals surface area contributed by atoms with Crippen LogP contribution in [0.1, 0.15) is 90.4 Å². The molecule has 0 aliphatic carbocycles. The van der Waals surface area contributed by atoms with Crippen LogP contribution in [0.2, 0.25) is 0 Å². The van der Waals surface area contributed by atoms with Crippen LogP contribution < -0.4 is 27.0 Å². The summed E-state index contributed by atoms with van der Waals surface area (Å²) >= 11 is 0. The molecule has 2 aliphatic rings. The van der Waals surface area contributed by atoms with Crippen LogP contribution in [0.15, 0.2) is 0 Å². The SMILES string of the molecule is C#CCNC(=O)CCCCCNC(=O)[C@@H](CCCCNC(=O)CCCCOC1OC(CO)C(O)C(O)C1C)NC(=O)CCCCOC1OC(CO)C(O)C(O)C1N. The second kappa shape index (κ2) is 28.4. The minimum absolute atomic E-state index is 0.106. The highest BCUT2D eigenvalue weighted by atomic mass is 16.7. The molecule has 4 amide bonds. The molecule has 328 valence electrons. The number of rotatable bonds is 28. The van der Waals surface area contributed by atoms with Crippen LogP contribution in [-0.4, -0.2) is 162 Å². The highest BCUT2D eigenvalue weighted by Gasteiger charge is 2.43. The number of unbranched alkanes of at least 4 members (excludes halogenated alkanes) is 5. The molecule has 0 saturated carbocycles. The van der Waals surface area contributed by atoms with E-state index in [2.05, 4.69) is 27.2 Å². The van der Waals surface area contributed by atoms with Gasteiger partial charge in [0, 0.05) is 51.5 Å². The average molecular weight is 818 g/mol. The van der Waals surface area contributed by atoms with Gasteiger partial charge in [0.25, 0.3) is 0 Å². The minimum atomic E-state index is -1.34. The molecule has 0 spiro atoms. The van der Waals surface area contributed by atoms with Crippen molar-refractivity contribution in [1.82, 2.24) is 21.3 Å².